The first-order valence-electron chi connectivity index (χ1n) is 12.9. The monoisotopic (exact) mass is 599 g/mol. The maximum absolute atomic E-state index is 13.3. The number of hydrogen-bond acceptors (Lipinski definition) is 6. The second kappa shape index (κ2) is 11.3. The van der Waals surface area contributed by atoms with Gasteiger partial charge in [0, 0.05) is 36.2 Å². The molecule has 0 saturated carbocycles. The number of fused-ring (bicyclic) bond motifs is 1. The van der Waals surface area contributed by atoms with Crippen LogP contribution in [-0.4, -0.2) is 78.9 Å². The zero-order valence-electron chi connectivity index (χ0n) is 21.6. The molecule has 0 bridgehead atoms. The van der Waals surface area contributed by atoms with Gasteiger partial charge >= 0.3 is 0 Å². The van der Waals surface area contributed by atoms with Crippen LogP contribution in [0.25, 0.3) is 16.7 Å². The van der Waals surface area contributed by atoms with Gasteiger partial charge in [0.05, 0.1) is 35.8 Å². The molecule has 1 aliphatic rings. The molecule has 0 spiro atoms. The third-order valence-corrected chi connectivity index (χ3v) is 7.38. The molecule has 6 rings (SSSR count). The number of nitrogens with zero attached hydrogens (tertiary/aromatic N) is 7. The molecule has 0 unspecified atom stereocenters. The number of carbonyl (C=O) groups is 2. The Morgan fingerprint density at radius 1 is 0.900 bits per heavy atom. The highest BCUT2D eigenvalue weighted by atomic mass is 79.9. The molecular formula is C29H26BrN7O3. The van der Waals surface area contributed by atoms with Crippen molar-refractivity contribution in [2.45, 2.75) is 6.54 Å². The number of aromatic nitrogens is 5. The van der Waals surface area contributed by atoms with Crippen LogP contribution in [0, 0.1) is 0 Å². The molecule has 0 atom stereocenters. The van der Waals surface area contributed by atoms with Crippen molar-refractivity contribution in [1.29, 1.82) is 0 Å². The third kappa shape index (κ3) is 5.59. The first-order chi connectivity index (χ1) is 19.5. The smallest absolute Gasteiger partial charge is 0.260 e. The third-order valence-electron chi connectivity index (χ3n) is 6.85. The first-order valence-corrected chi connectivity index (χ1v) is 13.7. The number of benzene rings is 3. The first kappa shape index (κ1) is 25.8. The highest BCUT2D eigenvalue weighted by Gasteiger charge is 2.25. The van der Waals surface area contributed by atoms with E-state index in [1.807, 2.05) is 77.5 Å². The quantitative estimate of drug-likeness (QED) is 0.282. The van der Waals surface area contributed by atoms with Crippen LogP contribution in [0.2, 0.25) is 0 Å². The van der Waals surface area contributed by atoms with E-state index >= 15 is 0 Å². The summed E-state index contributed by atoms with van der Waals surface area (Å²) in [6, 6.07) is 22.6. The van der Waals surface area contributed by atoms with Gasteiger partial charge < -0.3 is 19.1 Å². The average Bonchev–Trinajstić information content (AvgIpc) is 3.64. The lowest BCUT2D eigenvalue weighted by molar-refractivity contribution is -0.134. The van der Waals surface area contributed by atoms with E-state index in [0.717, 1.165) is 26.9 Å². The molecule has 5 aromatic rings. The molecule has 1 aliphatic heterocycles. The second-order valence-electron chi connectivity index (χ2n) is 9.48. The fourth-order valence-electron chi connectivity index (χ4n) is 4.70. The Bertz CT molecular complexity index is 1660. The zero-order valence-corrected chi connectivity index (χ0v) is 23.1. The number of rotatable bonds is 7. The van der Waals surface area contributed by atoms with Gasteiger partial charge in [-0.25, -0.2) is 9.67 Å². The van der Waals surface area contributed by atoms with E-state index in [1.54, 1.807) is 26.9 Å². The van der Waals surface area contributed by atoms with Crippen LogP contribution in [0.3, 0.4) is 0 Å². The lowest BCUT2D eigenvalue weighted by atomic mass is 10.1. The number of carbonyl (C=O) groups excluding carboxylic acids is 2. The topological polar surface area (TPSA) is 98.4 Å². The molecule has 0 aliphatic carbocycles. The summed E-state index contributed by atoms with van der Waals surface area (Å²) in [5, 5.41) is 8.60. The molecule has 0 radical (unpaired) electrons. The number of halogens is 1. The Balaban J connectivity index is 1.05. The number of piperazine rings is 1. The standard InChI is InChI=1S/C29H26BrN7O3/c30-22-8-10-25(11-9-22)40-19-28(38)34-12-14-35(15-13-34)29(39)21-4-3-5-24(16-21)37-18-23(32-33-37)17-36-20-31-26-6-1-2-7-27(26)36/h1-11,16,18,20H,12-15,17,19H2. The minimum Gasteiger partial charge on any atom is -0.484 e. The number of hydrogen-bond donors (Lipinski definition) is 0. The van der Waals surface area contributed by atoms with Crippen molar-refractivity contribution in [1.82, 2.24) is 34.3 Å². The van der Waals surface area contributed by atoms with Crippen molar-refractivity contribution in [3.63, 3.8) is 0 Å². The lowest BCUT2D eigenvalue weighted by Gasteiger charge is -2.34. The Kier molecular flexibility index (Phi) is 7.28. The van der Waals surface area contributed by atoms with Gasteiger partial charge in [-0.05, 0) is 54.6 Å². The van der Waals surface area contributed by atoms with Gasteiger partial charge in [0.1, 0.15) is 11.4 Å². The zero-order chi connectivity index (χ0) is 27.5. The molecule has 40 heavy (non-hydrogen) atoms. The van der Waals surface area contributed by atoms with Gasteiger partial charge in [0.15, 0.2) is 6.61 Å². The summed E-state index contributed by atoms with van der Waals surface area (Å²) in [6.45, 7) is 2.34. The van der Waals surface area contributed by atoms with E-state index in [0.29, 0.717) is 44.0 Å². The normalized spacial score (nSPS) is 13.5. The van der Waals surface area contributed by atoms with Gasteiger partial charge in [0.25, 0.3) is 11.8 Å². The van der Waals surface area contributed by atoms with E-state index in [-0.39, 0.29) is 18.4 Å². The number of ether oxygens (including phenoxy) is 1. The Labute approximate surface area is 238 Å². The molecule has 0 N–H and O–H groups in total. The number of amides is 2. The maximum Gasteiger partial charge on any atom is 0.260 e. The molecule has 1 saturated heterocycles. The summed E-state index contributed by atoms with van der Waals surface area (Å²) in [5.41, 5.74) is 4.06. The van der Waals surface area contributed by atoms with Crippen molar-refractivity contribution in [2.75, 3.05) is 32.8 Å². The molecule has 1 fully saturated rings. The number of imidazole rings is 1. The number of para-hydroxylation sites is 2. The fourth-order valence-corrected chi connectivity index (χ4v) is 4.96. The average molecular weight is 600 g/mol. The summed E-state index contributed by atoms with van der Waals surface area (Å²) in [5.74, 6) is 0.466. The van der Waals surface area contributed by atoms with E-state index in [2.05, 4.69) is 31.2 Å². The summed E-state index contributed by atoms with van der Waals surface area (Å²) in [7, 11) is 0. The predicted molar refractivity (Wildman–Crippen MR) is 152 cm³/mol. The SMILES string of the molecule is O=C(COc1ccc(Br)cc1)N1CCN(C(=O)c2cccc(-n3cc(Cn4cnc5ccccc54)nn3)c2)CC1. The highest BCUT2D eigenvalue weighted by molar-refractivity contribution is 9.10. The van der Waals surface area contributed by atoms with Gasteiger partial charge in [-0.2, -0.15) is 0 Å². The molecule has 11 heteroatoms. The van der Waals surface area contributed by atoms with E-state index in [1.165, 1.54) is 0 Å². The molecule has 202 valence electrons. The second-order valence-corrected chi connectivity index (χ2v) is 10.4. The Morgan fingerprint density at radius 2 is 1.68 bits per heavy atom. The van der Waals surface area contributed by atoms with Crippen molar-refractivity contribution >= 4 is 38.8 Å². The molecule has 3 aromatic carbocycles. The van der Waals surface area contributed by atoms with Crippen molar-refractivity contribution in [3.05, 3.63) is 101 Å². The van der Waals surface area contributed by atoms with Crippen LogP contribution in [0.1, 0.15) is 16.1 Å². The molecule has 2 aromatic heterocycles. The van der Waals surface area contributed by atoms with Crippen LogP contribution in [0.5, 0.6) is 5.75 Å². The minimum absolute atomic E-state index is 0.0331. The van der Waals surface area contributed by atoms with Crippen molar-refractivity contribution < 1.29 is 14.3 Å². The van der Waals surface area contributed by atoms with Gasteiger partial charge in [0.2, 0.25) is 0 Å². The van der Waals surface area contributed by atoms with Crippen LogP contribution < -0.4 is 4.74 Å². The van der Waals surface area contributed by atoms with Crippen LogP contribution in [-0.2, 0) is 11.3 Å². The molecule has 10 nitrogen and oxygen atoms in total. The van der Waals surface area contributed by atoms with E-state index in [4.69, 9.17) is 4.74 Å². The van der Waals surface area contributed by atoms with Crippen molar-refractivity contribution in [3.8, 4) is 11.4 Å². The summed E-state index contributed by atoms with van der Waals surface area (Å²) >= 11 is 3.38. The maximum atomic E-state index is 13.3. The summed E-state index contributed by atoms with van der Waals surface area (Å²) in [6.07, 6.45) is 3.66. The van der Waals surface area contributed by atoms with Crippen molar-refractivity contribution in [2.24, 2.45) is 0 Å². The highest BCUT2D eigenvalue weighted by Crippen LogP contribution is 2.18. The lowest BCUT2D eigenvalue weighted by Crippen LogP contribution is -2.51. The molecule has 3 heterocycles. The Hall–Kier alpha value is -4.51. The predicted octanol–water partition coefficient (Wildman–Crippen LogP) is 3.79. The largest absolute Gasteiger partial charge is 0.484 e. The van der Waals surface area contributed by atoms with Crippen LogP contribution >= 0.6 is 15.9 Å². The molecular weight excluding hydrogens is 574 g/mol. The molecule has 2 amide bonds. The van der Waals surface area contributed by atoms with E-state index < -0.39 is 0 Å². The van der Waals surface area contributed by atoms with Gasteiger partial charge in [-0.15, -0.1) is 5.10 Å². The Morgan fingerprint density at radius 3 is 2.50 bits per heavy atom. The minimum atomic E-state index is -0.0947. The van der Waals surface area contributed by atoms with Crippen LogP contribution in [0.4, 0.5) is 0 Å². The summed E-state index contributed by atoms with van der Waals surface area (Å²) < 4.78 is 10.3. The van der Waals surface area contributed by atoms with Gasteiger partial charge in [-0.3, -0.25) is 9.59 Å². The fraction of sp³-hybridized carbons (Fsp3) is 0.207. The van der Waals surface area contributed by atoms with Crippen LogP contribution in [0.15, 0.2) is 89.8 Å². The van der Waals surface area contributed by atoms with Gasteiger partial charge in [-0.1, -0.05) is 39.3 Å². The van der Waals surface area contributed by atoms with E-state index in [9.17, 15) is 9.59 Å². The summed E-state index contributed by atoms with van der Waals surface area (Å²) in [4.78, 5) is 33.8.